The summed E-state index contributed by atoms with van der Waals surface area (Å²) in [5.41, 5.74) is 1.48. The first-order valence-electron chi connectivity index (χ1n) is 10.5. The minimum atomic E-state index is -0.511. The molecule has 1 heterocycles. The number of carbonyl (C=O) groups excluding carboxylic acids is 1. The topological polar surface area (TPSA) is 109 Å². The number of benzene rings is 2. The molecule has 1 aliphatic rings. The summed E-state index contributed by atoms with van der Waals surface area (Å²) in [5, 5.41) is 16.3. The van der Waals surface area contributed by atoms with Gasteiger partial charge in [0.05, 0.1) is 30.9 Å². The van der Waals surface area contributed by atoms with Crippen molar-refractivity contribution >= 4 is 23.1 Å². The van der Waals surface area contributed by atoms with E-state index in [-0.39, 0.29) is 17.5 Å². The van der Waals surface area contributed by atoms with Gasteiger partial charge in [-0.2, -0.15) is 0 Å². The molecular weight excluding hydrogens is 414 g/mol. The van der Waals surface area contributed by atoms with Gasteiger partial charge in [0, 0.05) is 44.5 Å². The lowest BCUT2D eigenvalue weighted by Crippen LogP contribution is -2.47. The summed E-state index contributed by atoms with van der Waals surface area (Å²) in [5.74, 6) is 1.10. The SMILES string of the molecule is COc1ccc(N2CCN(CCCNC(=O)Nc3ccc([N+](=O)[O-])cc3OC)CC2)cc1. The van der Waals surface area contributed by atoms with Gasteiger partial charge >= 0.3 is 6.03 Å². The number of carbonyl (C=O) groups is 1. The number of piperazine rings is 1. The van der Waals surface area contributed by atoms with E-state index in [1.165, 1.54) is 31.0 Å². The third-order valence-corrected chi connectivity index (χ3v) is 5.39. The van der Waals surface area contributed by atoms with Gasteiger partial charge in [-0.25, -0.2) is 4.79 Å². The highest BCUT2D eigenvalue weighted by Crippen LogP contribution is 2.28. The molecule has 2 aromatic rings. The van der Waals surface area contributed by atoms with Crippen molar-refractivity contribution in [3.8, 4) is 11.5 Å². The van der Waals surface area contributed by atoms with Crippen molar-refractivity contribution < 1.29 is 19.2 Å². The second-order valence-electron chi connectivity index (χ2n) is 7.40. The molecule has 172 valence electrons. The van der Waals surface area contributed by atoms with Crippen LogP contribution in [0, 0.1) is 10.1 Å². The third kappa shape index (κ3) is 6.24. The minimum absolute atomic E-state index is 0.0973. The number of nitro benzene ring substituents is 1. The number of nitrogens with zero attached hydrogens (tertiary/aromatic N) is 3. The van der Waals surface area contributed by atoms with Crippen molar-refractivity contribution in [2.24, 2.45) is 0 Å². The Balaban J connectivity index is 1.36. The Morgan fingerprint density at radius 2 is 1.78 bits per heavy atom. The molecule has 3 rings (SSSR count). The quantitative estimate of drug-likeness (QED) is 0.348. The van der Waals surface area contributed by atoms with E-state index in [0.717, 1.165) is 44.9 Å². The largest absolute Gasteiger partial charge is 0.497 e. The summed E-state index contributed by atoms with van der Waals surface area (Å²) in [4.78, 5) is 27.3. The van der Waals surface area contributed by atoms with Crippen LogP contribution in [0.4, 0.5) is 21.9 Å². The number of urea groups is 1. The van der Waals surface area contributed by atoms with Crippen molar-refractivity contribution in [2.45, 2.75) is 6.42 Å². The van der Waals surface area contributed by atoms with E-state index in [4.69, 9.17) is 9.47 Å². The Bertz CT molecular complexity index is 913. The van der Waals surface area contributed by atoms with Crippen LogP contribution in [-0.2, 0) is 0 Å². The monoisotopic (exact) mass is 443 g/mol. The maximum atomic E-state index is 12.2. The summed E-state index contributed by atoms with van der Waals surface area (Å²) in [6.45, 7) is 5.29. The number of hydrogen-bond donors (Lipinski definition) is 2. The Kier molecular flexibility index (Phi) is 8.09. The zero-order valence-corrected chi connectivity index (χ0v) is 18.4. The maximum absolute atomic E-state index is 12.2. The molecule has 2 aromatic carbocycles. The fourth-order valence-corrected chi connectivity index (χ4v) is 3.59. The van der Waals surface area contributed by atoms with Crippen LogP contribution in [0.5, 0.6) is 11.5 Å². The van der Waals surface area contributed by atoms with Gasteiger partial charge in [0.25, 0.3) is 5.69 Å². The number of nitro groups is 1. The van der Waals surface area contributed by atoms with Crippen LogP contribution in [0.15, 0.2) is 42.5 Å². The highest BCUT2D eigenvalue weighted by molar-refractivity contribution is 5.91. The smallest absolute Gasteiger partial charge is 0.319 e. The first-order chi connectivity index (χ1) is 15.5. The molecule has 0 radical (unpaired) electrons. The molecule has 1 aliphatic heterocycles. The van der Waals surface area contributed by atoms with Crippen LogP contribution >= 0.6 is 0 Å². The average molecular weight is 444 g/mol. The van der Waals surface area contributed by atoms with Crippen molar-refractivity contribution in [2.75, 3.05) is 63.7 Å². The number of anilines is 2. The molecule has 2 N–H and O–H groups in total. The fraction of sp³-hybridized carbons (Fsp3) is 0.409. The zero-order valence-electron chi connectivity index (χ0n) is 18.4. The molecule has 0 bridgehead atoms. The zero-order chi connectivity index (χ0) is 22.9. The first-order valence-corrected chi connectivity index (χ1v) is 10.5. The molecule has 32 heavy (non-hydrogen) atoms. The second kappa shape index (κ2) is 11.2. The van der Waals surface area contributed by atoms with Gasteiger partial charge in [-0.05, 0) is 43.3 Å². The molecule has 0 unspecified atom stereocenters. The van der Waals surface area contributed by atoms with E-state index in [1.807, 2.05) is 12.1 Å². The van der Waals surface area contributed by atoms with E-state index in [0.29, 0.717) is 12.2 Å². The number of non-ortho nitro benzene ring substituents is 1. The number of ether oxygens (including phenoxy) is 2. The predicted molar refractivity (Wildman–Crippen MR) is 123 cm³/mol. The summed E-state index contributed by atoms with van der Waals surface area (Å²) in [7, 11) is 3.06. The van der Waals surface area contributed by atoms with Gasteiger partial charge in [-0.1, -0.05) is 0 Å². The van der Waals surface area contributed by atoms with Crippen LogP contribution < -0.4 is 25.0 Å². The molecule has 0 spiro atoms. The van der Waals surface area contributed by atoms with Gasteiger partial charge in [0.2, 0.25) is 0 Å². The number of rotatable bonds is 9. The lowest BCUT2D eigenvalue weighted by molar-refractivity contribution is -0.384. The molecule has 1 fully saturated rings. The third-order valence-electron chi connectivity index (χ3n) is 5.39. The second-order valence-corrected chi connectivity index (χ2v) is 7.40. The molecule has 10 nitrogen and oxygen atoms in total. The molecule has 2 amide bonds. The van der Waals surface area contributed by atoms with E-state index in [9.17, 15) is 14.9 Å². The predicted octanol–water partition coefficient (Wildman–Crippen LogP) is 2.95. The average Bonchev–Trinajstić information content (AvgIpc) is 2.82. The van der Waals surface area contributed by atoms with Crippen LogP contribution in [0.3, 0.4) is 0 Å². The van der Waals surface area contributed by atoms with E-state index in [1.54, 1.807) is 7.11 Å². The summed E-state index contributed by atoms with van der Waals surface area (Å²) >= 11 is 0. The molecular formula is C22H29N5O5. The highest BCUT2D eigenvalue weighted by Gasteiger charge is 2.17. The fourth-order valence-electron chi connectivity index (χ4n) is 3.59. The Morgan fingerprint density at radius 3 is 2.41 bits per heavy atom. The molecule has 0 atom stereocenters. The maximum Gasteiger partial charge on any atom is 0.319 e. The molecule has 0 saturated carbocycles. The van der Waals surface area contributed by atoms with Gasteiger partial charge in [-0.3, -0.25) is 15.0 Å². The van der Waals surface area contributed by atoms with E-state index in [2.05, 4.69) is 32.6 Å². The van der Waals surface area contributed by atoms with Crippen LogP contribution in [-0.4, -0.2) is 69.3 Å². The van der Waals surface area contributed by atoms with Gasteiger partial charge < -0.3 is 25.0 Å². The normalized spacial score (nSPS) is 14.0. The van der Waals surface area contributed by atoms with Crippen LogP contribution in [0.1, 0.15) is 6.42 Å². The van der Waals surface area contributed by atoms with E-state index < -0.39 is 4.92 Å². The summed E-state index contributed by atoms with van der Waals surface area (Å²) in [6, 6.07) is 11.8. The first kappa shape index (κ1) is 23.1. The van der Waals surface area contributed by atoms with Crippen LogP contribution in [0.2, 0.25) is 0 Å². The van der Waals surface area contributed by atoms with Gasteiger partial charge in [0.1, 0.15) is 11.5 Å². The lowest BCUT2D eigenvalue weighted by atomic mass is 10.2. The van der Waals surface area contributed by atoms with Crippen molar-refractivity contribution in [1.29, 1.82) is 0 Å². The highest BCUT2D eigenvalue weighted by atomic mass is 16.6. The summed E-state index contributed by atoms with van der Waals surface area (Å²) in [6.07, 6.45) is 0.827. The molecule has 10 heteroatoms. The van der Waals surface area contributed by atoms with Crippen molar-refractivity contribution in [3.05, 3.63) is 52.6 Å². The van der Waals surface area contributed by atoms with E-state index >= 15 is 0 Å². The lowest BCUT2D eigenvalue weighted by Gasteiger charge is -2.36. The number of methoxy groups -OCH3 is 2. The van der Waals surface area contributed by atoms with Gasteiger partial charge in [0.15, 0.2) is 0 Å². The molecule has 0 aliphatic carbocycles. The van der Waals surface area contributed by atoms with Crippen molar-refractivity contribution in [3.63, 3.8) is 0 Å². The van der Waals surface area contributed by atoms with Crippen molar-refractivity contribution in [1.82, 2.24) is 10.2 Å². The van der Waals surface area contributed by atoms with Gasteiger partial charge in [-0.15, -0.1) is 0 Å². The number of nitrogens with one attached hydrogen (secondary N) is 2. The Labute approximate surface area is 187 Å². The Hall–Kier alpha value is -3.53. The standard InChI is InChI=1S/C22H29N5O5/c1-31-19-7-4-17(5-8-19)26-14-12-25(13-15-26)11-3-10-23-22(28)24-20-9-6-18(27(29)30)16-21(20)32-2/h4-9,16H,3,10-15H2,1-2H3,(H2,23,24,28). The molecule has 0 aromatic heterocycles. The number of amides is 2. The Morgan fingerprint density at radius 1 is 1.06 bits per heavy atom. The molecule has 1 saturated heterocycles. The minimum Gasteiger partial charge on any atom is -0.497 e. The number of hydrogen-bond acceptors (Lipinski definition) is 7. The van der Waals surface area contributed by atoms with Crippen LogP contribution in [0.25, 0.3) is 0 Å². The summed E-state index contributed by atoms with van der Waals surface area (Å²) < 4.78 is 10.3.